The summed E-state index contributed by atoms with van der Waals surface area (Å²) in [5, 5.41) is 12.4. The van der Waals surface area contributed by atoms with E-state index in [-0.39, 0.29) is 34.4 Å². The summed E-state index contributed by atoms with van der Waals surface area (Å²) in [4.78, 5) is 12.5. The number of aromatic hydroxyl groups is 1. The van der Waals surface area contributed by atoms with Crippen molar-refractivity contribution in [3.05, 3.63) is 88.4 Å². The van der Waals surface area contributed by atoms with E-state index in [0.29, 0.717) is 6.42 Å². The molecule has 0 atom stereocenters. The van der Waals surface area contributed by atoms with E-state index in [1.54, 1.807) is 0 Å². The third kappa shape index (κ3) is 5.45. The van der Waals surface area contributed by atoms with Crippen molar-refractivity contribution in [3.8, 4) is 11.5 Å². The number of ether oxygens (including phenoxy) is 1. The number of hydrogen-bond donors (Lipinski definition) is 2. The predicted molar refractivity (Wildman–Crippen MR) is 108 cm³/mol. The van der Waals surface area contributed by atoms with Gasteiger partial charge in [-0.1, -0.05) is 41.9 Å². The van der Waals surface area contributed by atoms with Gasteiger partial charge in [-0.2, -0.15) is 13.2 Å². The van der Waals surface area contributed by atoms with Crippen LogP contribution in [-0.4, -0.2) is 17.6 Å². The lowest BCUT2D eigenvalue weighted by atomic mass is 10.1. The molecule has 0 bridgehead atoms. The second-order valence-corrected chi connectivity index (χ2v) is 6.84. The number of phenols is 1. The number of halogens is 4. The number of carbonyl (C=O) groups excluding carboxylic acids is 1. The topological polar surface area (TPSA) is 58.6 Å². The fraction of sp³-hybridized carbons (Fsp3) is 0.136. The Labute approximate surface area is 175 Å². The number of phenolic OH excluding ortho intramolecular Hbond substituents is 1. The molecule has 3 aromatic rings. The molecule has 0 heterocycles. The van der Waals surface area contributed by atoms with Crippen LogP contribution in [0, 0.1) is 0 Å². The first kappa shape index (κ1) is 21.5. The summed E-state index contributed by atoms with van der Waals surface area (Å²) in [5.74, 6) is -1.09. The van der Waals surface area contributed by atoms with Gasteiger partial charge in [0.15, 0.2) is 0 Å². The van der Waals surface area contributed by atoms with Crippen LogP contribution >= 0.6 is 11.6 Å². The van der Waals surface area contributed by atoms with Gasteiger partial charge in [-0.25, -0.2) is 0 Å². The lowest BCUT2D eigenvalue weighted by Gasteiger charge is -2.16. The highest BCUT2D eigenvalue weighted by molar-refractivity contribution is 6.31. The zero-order chi connectivity index (χ0) is 21.7. The van der Waals surface area contributed by atoms with Gasteiger partial charge in [-0.05, 0) is 42.0 Å². The van der Waals surface area contributed by atoms with Crippen molar-refractivity contribution in [1.29, 1.82) is 0 Å². The van der Waals surface area contributed by atoms with Crippen LogP contribution in [0.4, 0.5) is 18.9 Å². The number of benzene rings is 3. The Balaban J connectivity index is 1.83. The molecule has 0 saturated heterocycles. The fourth-order valence-electron chi connectivity index (χ4n) is 2.73. The third-order valence-electron chi connectivity index (χ3n) is 4.25. The molecule has 0 aliphatic heterocycles. The van der Waals surface area contributed by atoms with Crippen LogP contribution in [0.5, 0.6) is 11.5 Å². The number of amides is 1. The first-order valence-electron chi connectivity index (χ1n) is 8.92. The van der Waals surface area contributed by atoms with Gasteiger partial charge in [0.25, 0.3) is 5.91 Å². The Bertz CT molecular complexity index is 1040. The van der Waals surface area contributed by atoms with Crippen molar-refractivity contribution in [2.75, 3.05) is 11.9 Å². The zero-order valence-corrected chi connectivity index (χ0v) is 16.3. The lowest BCUT2D eigenvalue weighted by Crippen LogP contribution is -2.15. The zero-order valence-electron chi connectivity index (χ0n) is 15.5. The normalized spacial score (nSPS) is 11.2. The molecule has 0 fully saturated rings. The Morgan fingerprint density at radius 2 is 1.77 bits per heavy atom. The van der Waals surface area contributed by atoms with Crippen molar-refractivity contribution in [3.63, 3.8) is 0 Å². The van der Waals surface area contributed by atoms with Crippen molar-refractivity contribution in [2.45, 2.75) is 12.6 Å². The molecule has 30 heavy (non-hydrogen) atoms. The first-order valence-corrected chi connectivity index (χ1v) is 9.29. The molecular formula is C22H17ClF3NO3. The van der Waals surface area contributed by atoms with Crippen LogP contribution in [0.15, 0.2) is 66.7 Å². The maximum Gasteiger partial charge on any atom is 0.416 e. The van der Waals surface area contributed by atoms with E-state index < -0.39 is 17.6 Å². The van der Waals surface area contributed by atoms with Gasteiger partial charge in [0.2, 0.25) is 0 Å². The molecule has 2 N–H and O–H groups in total. The van der Waals surface area contributed by atoms with Crippen molar-refractivity contribution < 1.29 is 27.8 Å². The Kier molecular flexibility index (Phi) is 6.52. The van der Waals surface area contributed by atoms with Crippen LogP contribution in [0.2, 0.25) is 5.02 Å². The average molecular weight is 436 g/mol. The molecule has 0 radical (unpaired) electrons. The molecule has 1 amide bonds. The van der Waals surface area contributed by atoms with Crippen molar-refractivity contribution in [1.82, 2.24) is 0 Å². The summed E-state index contributed by atoms with van der Waals surface area (Å²) in [6.45, 7) is 0.195. The SMILES string of the molecule is O=C(Nc1cc(C(F)(F)F)ccc1OCCc1ccccc1)c1cc(Cl)ccc1O. The van der Waals surface area contributed by atoms with E-state index in [9.17, 15) is 23.1 Å². The summed E-state index contributed by atoms with van der Waals surface area (Å²) >= 11 is 5.84. The lowest BCUT2D eigenvalue weighted by molar-refractivity contribution is -0.137. The average Bonchev–Trinajstić information content (AvgIpc) is 2.70. The standard InChI is InChI=1S/C22H17ClF3NO3/c23-16-7-8-19(28)17(13-16)21(29)27-18-12-15(22(24,25)26)6-9-20(18)30-11-10-14-4-2-1-3-5-14/h1-9,12-13,28H,10-11H2,(H,27,29). The third-order valence-corrected chi connectivity index (χ3v) is 4.48. The highest BCUT2D eigenvalue weighted by atomic mass is 35.5. The quantitative estimate of drug-likeness (QED) is 0.504. The molecule has 156 valence electrons. The first-order chi connectivity index (χ1) is 14.2. The van der Waals surface area contributed by atoms with Crippen LogP contribution in [0.25, 0.3) is 0 Å². The smallest absolute Gasteiger partial charge is 0.416 e. The maximum absolute atomic E-state index is 13.1. The molecule has 0 aliphatic rings. The molecular weight excluding hydrogens is 419 g/mol. The second-order valence-electron chi connectivity index (χ2n) is 6.41. The van der Waals surface area contributed by atoms with Gasteiger partial charge >= 0.3 is 6.18 Å². The molecule has 3 rings (SSSR count). The van der Waals surface area contributed by atoms with Gasteiger partial charge < -0.3 is 15.2 Å². The molecule has 0 aromatic heterocycles. The van der Waals surface area contributed by atoms with Gasteiger partial charge in [-0.15, -0.1) is 0 Å². The summed E-state index contributed by atoms with van der Waals surface area (Å²) in [5.41, 5.74) is -0.278. The minimum atomic E-state index is -4.60. The second kappa shape index (κ2) is 9.09. The number of rotatable bonds is 6. The van der Waals surface area contributed by atoms with E-state index in [2.05, 4.69) is 5.32 Å². The minimum Gasteiger partial charge on any atom is -0.507 e. The fourth-order valence-corrected chi connectivity index (χ4v) is 2.91. The van der Waals surface area contributed by atoms with E-state index in [4.69, 9.17) is 16.3 Å². The van der Waals surface area contributed by atoms with E-state index >= 15 is 0 Å². The summed E-state index contributed by atoms with van der Waals surface area (Å²) in [7, 11) is 0. The van der Waals surface area contributed by atoms with Crippen LogP contribution in [-0.2, 0) is 12.6 Å². The summed E-state index contributed by atoms with van der Waals surface area (Å²) < 4.78 is 45.0. The highest BCUT2D eigenvalue weighted by Gasteiger charge is 2.31. The van der Waals surface area contributed by atoms with Crippen LogP contribution in [0.3, 0.4) is 0 Å². The van der Waals surface area contributed by atoms with Gasteiger partial charge in [0.05, 0.1) is 23.4 Å². The van der Waals surface area contributed by atoms with Crippen molar-refractivity contribution >= 4 is 23.2 Å². The van der Waals surface area contributed by atoms with Gasteiger partial charge in [0, 0.05) is 11.4 Å². The number of alkyl halides is 3. The Hall–Kier alpha value is -3.19. The molecule has 0 saturated carbocycles. The Morgan fingerprint density at radius 3 is 2.47 bits per heavy atom. The van der Waals surface area contributed by atoms with E-state index in [0.717, 1.165) is 23.8 Å². The molecule has 0 aliphatic carbocycles. The molecule has 0 unspecified atom stereocenters. The van der Waals surface area contributed by atoms with Gasteiger partial charge in [0.1, 0.15) is 11.5 Å². The van der Waals surface area contributed by atoms with E-state index in [1.165, 1.54) is 18.2 Å². The maximum atomic E-state index is 13.1. The Morgan fingerprint density at radius 1 is 1.03 bits per heavy atom. The van der Waals surface area contributed by atoms with Crippen molar-refractivity contribution in [2.24, 2.45) is 0 Å². The number of nitrogens with one attached hydrogen (secondary N) is 1. The van der Waals surface area contributed by atoms with Crippen LogP contribution in [0.1, 0.15) is 21.5 Å². The molecule has 8 heteroatoms. The van der Waals surface area contributed by atoms with Crippen LogP contribution < -0.4 is 10.1 Å². The minimum absolute atomic E-state index is 0.0776. The number of carbonyl (C=O) groups is 1. The summed E-state index contributed by atoms with van der Waals surface area (Å²) in [6.07, 6.45) is -4.06. The summed E-state index contributed by atoms with van der Waals surface area (Å²) in [6, 6.07) is 16.1. The highest BCUT2D eigenvalue weighted by Crippen LogP contribution is 2.35. The predicted octanol–water partition coefficient (Wildman–Crippen LogP) is 5.94. The molecule has 4 nitrogen and oxygen atoms in total. The number of hydrogen-bond acceptors (Lipinski definition) is 3. The van der Waals surface area contributed by atoms with Gasteiger partial charge in [-0.3, -0.25) is 4.79 Å². The molecule has 0 spiro atoms. The number of anilines is 1. The molecule has 3 aromatic carbocycles. The largest absolute Gasteiger partial charge is 0.507 e. The monoisotopic (exact) mass is 435 g/mol. The van der Waals surface area contributed by atoms with E-state index in [1.807, 2.05) is 30.3 Å².